The van der Waals surface area contributed by atoms with Crippen LogP contribution in [0.25, 0.3) is 0 Å². The van der Waals surface area contributed by atoms with Gasteiger partial charge in [-0.3, -0.25) is 19.3 Å². The van der Waals surface area contributed by atoms with Gasteiger partial charge in [0.1, 0.15) is 0 Å². The SMILES string of the molecule is O=C(Cc1ccc(C(F)(F)F)cc1)N1CC(N2C(=O)CSC2=O)C1. The molecule has 24 heavy (non-hydrogen) atoms. The van der Waals surface area contributed by atoms with Gasteiger partial charge in [-0.2, -0.15) is 13.2 Å². The Morgan fingerprint density at radius 2 is 1.79 bits per heavy atom. The molecule has 128 valence electrons. The van der Waals surface area contributed by atoms with Gasteiger partial charge in [-0.15, -0.1) is 0 Å². The number of nitrogens with zero attached hydrogens (tertiary/aromatic N) is 2. The van der Waals surface area contributed by atoms with Gasteiger partial charge in [0.15, 0.2) is 0 Å². The van der Waals surface area contributed by atoms with Gasteiger partial charge in [-0.05, 0) is 17.7 Å². The van der Waals surface area contributed by atoms with Crippen LogP contribution in [0.5, 0.6) is 0 Å². The smallest absolute Gasteiger partial charge is 0.338 e. The van der Waals surface area contributed by atoms with E-state index in [0.29, 0.717) is 5.56 Å². The van der Waals surface area contributed by atoms with Crippen molar-refractivity contribution in [3.63, 3.8) is 0 Å². The van der Waals surface area contributed by atoms with Crippen molar-refractivity contribution in [2.75, 3.05) is 18.8 Å². The van der Waals surface area contributed by atoms with Gasteiger partial charge in [-0.1, -0.05) is 23.9 Å². The van der Waals surface area contributed by atoms with E-state index in [1.807, 2.05) is 0 Å². The molecule has 1 aromatic rings. The van der Waals surface area contributed by atoms with Crippen molar-refractivity contribution in [3.05, 3.63) is 35.4 Å². The lowest BCUT2D eigenvalue weighted by Crippen LogP contribution is -2.62. The van der Waals surface area contributed by atoms with E-state index in [-0.39, 0.29) is 48.4 Å². The quantitative estimate of drug-likeness (QED) is 0.831. The lowest BCUT2D eigenvalue weighted by molar-refractivity contribution is -0.141. The molecule has 0 aliphatic carbocycles. The number of hydrogen-bond acceptors (Lipinski definition) is 4. The van der Waals surface area contributed by atoms with Crippen molar-refractivity contribution < 1.29 is 27.6 Å². The van der Waals surface area contributed by atoms with Crippen LogP contribution >= 0.6 is 11.8 Å². The largest absolute Gasteiger partial charge is 0.416 e. The maximum Gasteiger partial charge on any atom is 0.416 e. The first kappa shape index (κ1) is 16.8. The summed E-state index contributed by atoms with van der Waals surface area (Å²) in [5.41, 5.74) is -0.272. The summed E-state index contributed by atoms with van der Waals surface area (Å²) < 4.78 is 37.5. The van der Waals surface area contributed by atoms with Crippen LogP contribution in [0.1, 0.15) is 11.1 Å². The number of amides is 3. The summed E-state index contributed by atoms with van der Waals surface area (Å²) in [7, 11) is 0. The molecule has 2 saturated heterocycles. The summed E-state index contributed by atoms with van der Waals surface area (Å²) in [6.07, 6.45) is -4.42. The van der Waals surface area contributed by atoms with Crippen LogP contribution in [-0.2, 0) is 22.2 Å². The number of alkyl halides is 3. The van der Waals surface area contributed by atoms with Crippen molar-refractivity contribution in [1.82, 2.24) is 9.80 Å². The predicted molar refractivity (Wildman–Crippen MR) is 80.2 cm³/mol. The number of carbonyl (C=O) groups excluding carboxylic acids is 3. The molecule has 5 nitrogen and oxygen atoms in total. The highest BCUT2D eigenvalue weighted by Gasteiger charge is 2.43. The standard InChI is InChI=1S/C15H13F3N2O3S/c16-15(17,18)10-3-1-9(2-4-10)5-12(21)19-6-11(7-19)20-13(22)8-24-14(20)23/h1-4,11H,5-8H2. The van der Waals surface area contributed by atoms with Gasteiger partial charge < -0.3 is 4.90 Å². The van der Waals surface area contributed by atoms with Crippen LogP contribution in [-0.4, -0.2) is 51.7 Å². The number of hydrogen-bond donors (Lipinski definition) is 0. The summed E-state index contributed by atoms with van der Waals surface area (Å²) in [6, 6.07) is 4.15. The second kappa shape index (κ2) is 6.12. The number of thioether (sulfide) groups is 1. The number of halogens is 3. The summed E-state index contributed by atoms with van der Waals surface area (Å²) in [6.45, 7) is 0.551. The minimum Gasteiger partial charge on any atom is -0.338 e. The van der Waals surface area contributed by atoms with Crippen molar-refractivity contribution in [2.45, 2.75) is 18.6 Å². The summed E-state index contributed by atoms with van der Waals surface area (Å²) in [4.78, 5) is 37.9. The van der Waals surface area contributed by atoms with Crippen LogP contribution in [0.3, 0.4) is 0 Å². The first-order chi connectivity index (χ1) is 11.3. The van der Waals surface area contributed by atoms with Gasteiger partial charge in [0.25, 0.3) is 5.24 Å². The van der Waals surface area contributed by atoms with Gasteiger partial charge in [0.05, 0.1) is 23.8 Å². The molecule has 0 saturated carbocycles. The van der Waals surface area contributed by atoms with Crippen molar-refractivity contribution in [3.8, 4) is 0 Å². The van der Waals surface area contributed by atoms with E-state index in [4.69, 9.17) is 0 Å². The third-order valence-corrected chi connectivity index (χ3v) is 4.84. The van der Waals surface area contributed by atoms with Crippen molar-refractivity contribution in [1.29, 1.82) is 0 Å². The number of rotatable bonds is 3. The van der Waals surface area contributed by atoms with Gasteiger partial charge in [0.2, 0.25) is 11.8 Å². The maximum absolute atomic E-state index is 12.5. The molecule has 1 aromatic carbocycles. The van der Waals surface area contributed by atoms with E-state index in [0.717, 1.165) is 23.9 Å². The zero-order valence-electron chi connectivity index (χ0n) is 12.4. The molecular formula is C15H13F3N2O3S. The summed E-state index contributed by atoms with van der Waals surface area (Å²) in [5, 5.41) is -0.292. The van der Waals surface area contributed by atoms with Crippen molar-refractivity contribution in [2.24, 2.45) is 0 Å². The monoisotopic (exact) mass is 358 g/mol. The fourth-order valence-corrected chi connectivity index (χ4v) is 3.41. The van der Waals surface area contributed by atoms with Gasteiger partial charge in [0, 0.05) is 13.1 Å². The molecule has 2 aliphatic heterocycles. The van der Waals surface area contributed by atoms with E-state index in [9.17, 15) is 27.6 Å². The predicted octanol–water partition coefficient (Wildman–Crippen LogP) is 2.15. The fraction of sp³-hybridized carbons (Fsp3) is 0.400. The van der Waals surface area contributed by atoms with Crippen LogP contribution in [0.2, 0.25) is 0 Å². The molecule has 2 aliphatic rings. The molecule has 2 fully saturated rings. The minimum absolute atomic E-state index is 0.0124. The number of imide groups is 1. The minimum atomic E-state index is -4.40. The van der Waals surface area contributed by atoms with Crippen LogP contribution < -0.4 is 0 Å². The Kier molecular flexibility index (Phi) is 4.29. The zero-order valence-corrected chi connectivity index (χ0v) is 13.2. The van der Waals surface area contributed by atoms with E-state index in [1.54, 1.807) is 0 Å². The number of benzene rings is 1. The lowest BCUT2D eigenvalue weighted by atomic mass is 10.0. The van der Waals surface area contributed by atoms with E-state index in [2.05, 4.69) is 0 Å². The van der Waals surface area contributed by atoms with E-state index >= 15 is 0 Å². The third kappa shape index (κ3) is 3.26. The Morgan fingerprint density at radius 3 is 2.29 bits per heavy atom. The number of carbonyl (C=O) groups is 3. The molecule has 9 heteroatoms. The Morgan fingerprint density at radius 1 is 1.17 bits per heavy atom. The Hall–Kier alpha value is -2.03. The third-order valence-electron chi connectivity index (χ3n) is 4.00. The molecule has 0 radical (unpaired) electrons. The molecule has 0 unspecified atom stereocenters. The second-order valence-electron chi connectivity index (χ2n) is 5.64. The molecular weight excluding hydrogens is 345 g/mol. The van der Waals surface area contributed by atoms with Crippen LogP contribution in [0.15, 0.2) is 24.3 Å². The normalized spacial score (nSPS) is 19.0. The molecule has 0 N–H and O–H groups in total. The van der Waals surface area contributed by atoms with Crippen molar-refractivity contribution >= 4 is 28.8 Å². The second-order valence-corrected chi connectivity index (χ2v) is 6.57. The Balaban J connectivity index is 1.54. The highest BCUT2D eigenvalue weighted by molar-refractivity contribution is 8.14. The Bertz CT molecular complexity index is 668. The zero-order chi connectivity index (χ0) is 17.5. The molecule has 0 aromatic heterocycles. The lowest BCUT2D eigenvalue weighted by Gasteiger charge is -2.42. The van der Waals surface area contributed by atoms with Crippen LogP contribution in [0.4, 0.5) is 18.0 Å². The average Bonchev–Trinajstić information content (AvgIpc) is 2.77. The van der Waals surface area contributed by atoms with Gasteiger partial charge >= 0.3 is 6.18 Å². The molecule has 2 heterocycles. The first-order valence-electron chi connectivity index (χ1n) is 7.18. The highest BCUT2D eigenvalue weighted by atomic mass is 32.2. The summed E-state index contributed by atoms with van der Waals surface area (Å²) >= 11 is 0.949. The molecule has 3 rings (SSSR count). The summed E-state index contributed by atoms with van der Waals surface area (Å²) in [5.74, 6) is -0.350. The molecule has 0 spiro atoms. The van der Waals surface area contributed by atoms with Gasteiger partial charge in [-0.25, -0.2) is 0 Å². The Labute approximate surface area is 139 Å². The van der Waals surface area contributed by atoms with Crippen LogP contribution in [0, 0.1) is 0 Å². The molecule has 3 amide bonds. The topological polar surface area (TPSA) is 57.7 Å². The first-order valence-corrected chi connectivity index (χ1v) is 8.17. The molecule has 0 bridgehead atoms. The number of likely N-dealkylation sites (tertiary alicyclic amines) is 1. The van der Waals surface area contributed by atoms with E-state index in [1.165, 1.54) is 21.9 Å². The molecule has 0 atom stereocenters. The maximum atomic E-state index is 12.5. The average molecular weight is 358 g/mol. The highest BCUT2D eigenvalue weighted by Crippen LogP contribution is 2.29. The van der Waals surface area contributed by atoms with E-state index < -0.39 is 11.7 Å². The fourth-order valence-electron chi connectivity index (χ4n) is 2.64.